The molecule has 1 saturated heterocycles. The number of hydrogen-bond acceptors (Lipinski definition) is 5. The van der Waals surface area contributed by atoms with E-state index in [-0.39, 0.29) is 12.1 Å². The van der Waals surface area contributed by atoms with Gasteiger partial charge in [-0.3, -0.25) is 14.9 Å². The molecule has 0 spiro atoms. The standard InChI is InChI=1S/C21H29N5/c1-15-7-5-10-24-20(15)18-13-17(23)14-19(26(18)12-4-3-9-22)21-16(2)8-6-11-25-21/h5-8,10-11,18-19,23H,3-4,9,12-14,22H2,1-2H3. The zero-order valence-electron chi connectivity index (χ0n) is 15.8. The molecule has 0 aromatic carbocycles. The molecule has 0 radical (unpaired) electrons. The van der Waals surface area contributed by atoms with E-state index in [4.69, 9.17) is 11.1 Å². The number of hydrogen-bond donors (Lipinski definition) is 2. The van der Waals surface area contributed by atoms with E-state index in [1.165, 1.54) is 11.1 Å². The van der Waals surface area contributed by atoms with Crippen LogP contribution < -0.4 is 5.73 Å². The van der Waals surface area contributed by atoms with Gasteiger partial charge in [0, 0.05) is 30.9 Å². The van der Waals surface area contributed by atoms with Crippen molar-refractivity contribution >= 4 is 5.71 Å². The lowest BCUT2D eigenvalue weighted by Crippen LogP contribution is -2.41. The second-order valence-corrected chi connectivity index (χ2v) is 7.19. The highest BCUT2D eigenvalue weighted by Crippen LogP contribution is 2.40. The average molecular weight is 351 g/mol. The molecule has 26 heavy (non-hydrogen) atoms. The quantitative estimate of drug-likeness (QED) is 0.777. The van der Waals surface area contributed by atoms with Crippen molar-refractivity contribution in [3.8, 4) is 0 Å². The van der Waals surface area contributed by atoms with Gasteiger partial charge in [-0.25, -0.2) is 0 Å². The number of nitrogens with zero attached hydrogens (tertiary/aromatic N) is 3. The fourth-order valence-corrected chi connectivity index (χ4v) is 3.95. The van der Waals surface area contributed by atoms with Gasteiger partial charge in [0.25, 0.3) is 0 Å². The van der Waals surface area contributed by atoms with E-state index in [1.807, 2.05) is 24.5 Å². The lowest BCUT2D eigenvalue weighted by Gasteiger charge is -2.42. The topological polar surface area (TPSA) is 78.9 Å². The minimum Gasteiger partial charge on any atom is -0.330 e. The average Bonchev–Trinajstić information content (AvgIpc) is 2.63. The summed E-state index contributed by atoms with van der Waals surface area (Å²) >= 11 is 0. The Bertz CT molecular complexity index is 700. The molecule has 2 atom stereocenters. The molecule has 138 valence electrons. The SMILES string of the molecule is Cc1cccnc1C1CC(=N)CC(c2ncccc2C)N1CCCCN. The largest absolute Gasteiger partial charge is 0.330 e. The molecule has 1 aliphatic rings. The number of likely N-dealkylation sites (tertiary alicyclic amines) is 1. The van der Waals surface area contributed by atoms with Crippen molar-refractivity contribution in [1.29, 1.82) is 5.41 Å². The monoisotopic (exact) mass is 351 g/mol. The van der Waals surface area contributed by atoms with Crippen molar-refractivity contribution in [2.75, 3.05) is 13.1 Å². The molecule has 5 heteroatoms. The van der Waals surface area contributed by atoms with Crippen LogP contribution in [0.2, 0.25) is 0 Å². The van der Waals surface area contributed by atoms with Crippen LogP contribution in [0.25, 0.3) is 0 Å². The Morgan fingerprint density at radius 1 is 1.00 bits per heavy atom. The molecule has 2 aromatic heterocycles. The maximum Gasteiger partial charge on any atom is 0.0608 e. The molecule has 2 unspecified atom stereocenters. The molecule has 1 aliphatic heterocycles. The maximum absolute atomic E-state index is 8.49. The molecule has 2 aromatic rings. The van der Waals surface area contributed by atoms with E-state index in [9.17, 15) is 0 Å². The highest BCUT2D eigenvalue weighted by atomic mass is 15.2. The number of aromatic nitrogens is 2. The number of pyridine rings is 2. The van der Waals surface area contributed by atoms with Gasteiger partial charge in [0.2, 0.25) is 0 Å². The van der Waals surface area contributed by atoms with E-state index in [2.05, 4.69) is 40.8 Å². The Balaban J connectivity index is 2.00. The predicted molar refractivity (Wildman–Crippen MR) is 105 cm³/mol. The predicted octanol–water partition coefficient (Wildman–Crippen LogP) is 3.73. The first kappa shape index (κ1) is 18.7. The minimum absolute atomic E-state index is 0.127. The lowest BCUT2D eigenvalue weighted by atomic mass is 9.87. The molecular formula is C21H29N5. The summed E-state index contributed by atoms with van der Waals surface area (Å²) in [6, 6.07) is 8.43. The Morgan fingerprint density at radius 2 is 1.54 bits per heavy atom. The highest BCUT2D eigenvalue weighted by Gasteiger charge is 2.37. The van der Waals surface area contributed by atoms with Gasteiger partial charge in [0.1, 0.15) is 0 Å². The molecule has 3 rings (SSSR count). The molecule has 0 amide bonds. The van der Waals surface area contributed by atoms with Crippen molar-refractivity contribution in [2.45, 2.75) is 51.6 Å². The molecule has 5 nitrogen and oxygen atoms in total. The third kappa shape index (κ3) is 4.00. The number of rotatable bonds is 6. The highest BCUT2D eigenvalue weighted by molar-refractivity contribution is 5.83. The zero-order chi connectivity index (χ0) is 18.5. The smallest absolute Gasteiger partial charge is 0.0608 e. The fraction of sp³-hybridized carbons (Fsp3) is 0.476. The zero-order valence-corrected chi connectivity index (χ0v) is 15.8. The van der Waals surface area contributed by atoms with E-state index < -0.39 is 0 Å². The first-order chi connectivity index (χ1) is 12.6. The summed E-state index contributed by atoms with van der Waals surface area (Å²) in [6.07, 6.45) is 7.26. The van der Waals surface area contributed by atoms with Crippen LogP contribution in [0.3, 0.4) is 0 Å². The third-order valence-electron chi connectivity index (χ3n) is 5.28. The summed E-state index contributed by atoms with van der Waals surface area (Å²) in [6.45, 7) is 5.88. The normalized spacial score (nSPS) is 21.1. The van der Waals surface area contributed by atoms with Crippen LogP contribution in [0.1, 0.15) is 60.3 Å². The summed E-state index contributed by atoms with van der Waals surface area (Å²) in [5.41, 5.74) is 11.1. The fourth-order valence-electron chi connectivity index (χ4n) is 3.95. The van der Waals surface area contributed by atoms with E-state index in [1.54, 1.807) is 0 Å². The van der Waals surface area contributed by atoms with E-state index >= 15 is 0 Å². The van der Waals surface area contributed by atoms with Crippen LogP contribution in [0.4, 0.5) is 0 Å². The van der Waals surface area contributed by atoms with Gasteiger partial charge in [-0.2, -0.15) is 0 Å². The van der Waals surface area contributed by atoms with Crippen molar-refractivity contribution in [3.63, 3.8) is 0 Å². The summed E-state index contributed by atoms with van der Waals surface area (Å²) in [4.78, 5) is 11.9. The molecule has 0 aliphatic carbocycles. The Kier molecular flexibility index (Phi) is 6.12. The van der Waals surface area contributed by atoms with Gasteiger partial charge in [-0.15, -0.1) is 0 Å². The van der Waals surface area contributed by atoms with Crippen LogP contribution in [0.15, 0.2) is 36.7 Å². The Morgan fingerprint density at radius 3 is 2.00 bits per heavy atom. The molecule has 1 fully saturated rings. The number of unbranched alkanes of at least 4 members (excludes halogenated alkanes) is 1. The summed E-state index contributed by atoms with van der Waals surface area (Å²) < 4.78 is 0. The second kappa shape index (κ2) is 8.52. The Labute approximate surface area is 156 Å². The molecule has 0 bridgehead atoms. The first-order valence-electron chi connectivity index (χ1n) is 9.47. The van der Waals surface area contributed by atoms with Crippen molar-refractivity contribution < 1.29 is 0 Å². The number of piperidine rings is 1. The number of aryl methyl sites for hydroxylation is 2. The van der Waals surface area contributed by atoms with Crippen LogP contribution in [-0.2, 0) is 0 Å². The third-order valence-corrected chi connectivity index (χ3v) is 5.28. The van der Waals surface area contributed by atoms with Gasteiger partial charge in [0.05, 0.1) is 23.5 Å². The first-order valence-corrected chi connectivity index (χ1v) is 9.47. The van der Waals surface area contributed by atoms with Crippen molar-refractivity contribution in [3.05, 3.63) is 59.2 Å². The van der Waals surface area contributed by atoms with Gasteiger partial charge in [-0.05, 0) is 63.0 Å². The van der Waals surface area contributed by atoms with Crippen LogP contribution in [-0.4, -0.2) is 33.7 Å². The van der Waals surface area contributed by atoms with Crippen LogP contribution >= 0.6 is 0 Å². The Hall–Kier alpha value is -2.11. The summed E-state index contributed by atoms with van der Waals surface area (Å²) in [5.74, 6) is 0. The van der Waals surface area contributed by atoms with Gasteiger partial charge in [0.15, 0.2) is 0 Å². The van der Waals surface area contributed by atoms with Crippen molar-refractivity contribution in [2.24, 2.45) is 5.73 Å². The lowest BCUT2D eigenvalue weighted by molar-refractivity contribution is 0.114. The molecule has 0 saturated carbocycles. The van der Waals surface area contributed by atoms with Gasteiger partial charge < -0.3 is 11.1 Å². The van der Waals surface area contributed by atoms with E-state index in [0.29, 0.717) is 6.54 Å². The van der Waals surface area contributed by atoms with Crippen LogP contribution in [0, 0.1) is 19.3 Å². The van der Waals surface area contributed by atoms with Crippen LogP contribution in [0.5, 0.6) is 0 Å². The molecule has 3 N–H and O–H groups in total. The molecular weight excluding hydrogens is 322 g/mol. The second-order valence-electron chi connectivity index (χ2n) is 7.19. The minimum atomic E-state index is 0.127. The summed E-state index contributed by atoms with van der Waals surface area (Å²) in [7, 11) is 0. The molecule has 3 heterocycles. The maximum atomic E-state index is 8.49. The number of nitrogens with two attached hydrogens (primary N) is 1. The van der Waals surface area contributed by atoms with Gasteiger partial charge >= 0.3 is 0 Å². The van der Waals surface area contributed by atoms with E-state index in [0.717, 1.165) is 49.3 Å². The van der Waals surface area contributed by atoms with Crippen molar-refractivity contribution in [1.82, 2.24) is 14.9 Å². The van der Waals surface area contributed by atoms with Gasteiger partial charge in [-0.1, -0.05) is 12.1 Å². The number of nitrogens with one attached hydrogen (secondary N) is 1. The summed E-state index contributed by atoms with van der Waals surface area (Å²) in [5, 5.41) is 8.49.